The zero-order valence-corrected chi connectivity index (χ0v) is 13.3. The molecule has 2 heterocycles. The Morgan fingerprint density at radius 2 is 1.90 bits per heavy atom. The van der Waals surface area contributed by atoms with Crippen molar-refractivity contribution in [3.63, 3.8) is 0 Å². The van der Waals surface area contributed by atoms with E-state index in [2.05, 4.69) is 24.1 Å². The standard InChI is InChI=1S/C15H26N2O4/c1-9-5-6-10(2)17(9)11(3)13(18)16-12-7-21-8-15(12,4)14(19)20/h9-12H,5-8H2,1-4H3,(H,16,18)(H,19,20). The van der Waals surface area contributed by atoms with Gasteiger partial charge >= 0.3 is 5.97 Å². The van der Waals surface area contributed by atoms with E-state index < -0.39 is 17.4 Å². The molecule has 0 aromatic heterocycles. The first-order chi connectivity index (χ1) is 9.77. The number of aliphatic carboxylic acids is 1. The van der Waals surface area contributed by atoms with Gasteiger partial charge in [0.1, 0.15) is 5.41 Å². The van der Waals surface area contributed by atoms with Gasteiger partial charge in [-0.3, -0.25) is 14.5 Å². The molecule has 2 aliphatic rings. The first-order valence-corrected chi connectivity index (χ1v) is 7.66. The summed E-state index contributed by atoms with van der Waals surface area (Å²) in [6.45, 7) is 8.17. The number of nitrogens with one attached hydrogen (secondary N) is 1. The van der Waals surface area contributed by atoms with Gasteiger partial charge in [-0.15, -0.1) is 0 Å². The third-order valence-electron chi connectivity index (χ3n) is 5.11. The average molecular weight is 298 g/mol. The average Bonchev–Trinajstić information content (AvgIpc) is 2.94. The van der Waals surface area contributed by atoms with Crippen molar-refractivity contribution >= 4 is 11.9 Å². The number of carboxylic acids is 1. The van der Waals surface area contributed by atoms with Gasteiger partial charge in [0.05, 0.1) is 25.3 Å². The lowest BCUT2D eigenvalue weighted by atomic mass is 9.85. The number of nitrogens with zero attached hydrogens (tertiary/aromatic N) is 1. The van der Waals surface area contributed by atoms with Crippen LogP contribution in [0.1, 0.15) is 40.5 Å². The smallest absolute Gasteiger partial charge is 0.313 e. The SMILES string of the molecule is CC1CCC(C)N1C(C)C(=O)NC1COCC1(C)C(=O)O. The van der Waals surface area contributed by atoms with Crippen molar-refractivity contribution in [3.05, 3.63) is 0 Å². The molecule has 2 fully saturated rings. The lowest BCUT2D eigenvalue weighted by Crippen LogP contribution is -2.56. The number of hydrogen-bond acceptors (Lipinski definition) is 4. The number of carbonyl (C=O) groups is 2. The van der Waals surface area contributed by atoms with Crippen molar-refractivity contribution in [2.45, 2.75) is 64.7 Å². The summed E-state index contributed by atoms with van der Waals surface area (Å²) in [7, 11) is 0. The van der Waals surface area contributed by atoms with Crippen LogP contribution in [0, 0.1) is 5.41 Å². The minimum absolute atomic E-state index is 0.112. The Kier molecular flexibility index (Phi) is 4.58. The molecule has 6 nitrogen and oxygen atoms in total. The van der Waals surface area contributed by atoms with Gasteiger partial charge in [-0.25, -0.2) is 0 Å². The van der Waals surface area contributed by atoms with Gasteiger partial charge in [-0.05, 0) is 40.5 Å². The number of rotatable bonds is 4. The third kappa shape index (κ3) is 2.92. The van der Waals surface area contributed by atoms with Crippen LogP contribution in [0.4, 0.5) is 0 Å². The molecule has 21 heavy (non-hydrogen) atoms. The summed E-state index contributed by atoms with van der Waals surface area (Å²) >= 11 is 0. The van der Waals surface area contributed by atoms with Crippen molar-refractivity contribution < 1.29 is 19.4 Å². The van der Waals surface area contributed by atoms with E-state index >= 15 is 0 Å². The van der Waals surface area contributed by atoms with Gasteiger partial charge < -0.3 is 15.2 Å². The van der Waals surface area contributed by atoms with Crippen molar-refractivity contribution in [3.8, 4) is 0 Å². The number of likely N-dealkylation sites (tertiary alicyclic amines) is 1. The van der Waals surface area contributed by atoms with Crippen LogP contribution in [-0.2, 0) is 14.3 Å². The zero-order valence-electron chi connectivity index (χ0n) is 13.3. The fourth-order valence-electron chi connectivity index (χ4n) is 3.49. The molecule has 2 rings (SSSR count). The van der Waals surface area contributed by atoms with E-state index in [4.69, 9.17) is 4.74 Å². The van der Waals surface area contributed by atoms with Crippen molar-refractivity contribution in [1.29, 1.82) is 0 Å². The minimum Gasteiger partial charge on any atom is -0.481 e. The fourth-order valence-corrected chi connectivity index (χ4v) is 3.49. The Hall–Kier alpha value is -1.14. The molecule has 5 unspecified atom stereocenters. The second-order valence-corrected chi connectivity index (χ2v) is 6.70. The van der Waals surface area contributed by atoms with E-state index in [1.807, 2.05) is 6.92 Å². The van der Waals surface area contributed by atoms with E-state index in [9.17, 15) is 14.7 Å². The molecule has 2 N–H and O–H groups in total. The minimum atomic E-state index is -1.04. The third-order valence-corrected chi connectivity index (χ3v) is 5.11. The molecule has 0 spiro atoms. The second-order valence-electron chi connectivity index (χ2n) is 6.70. The van der Waals surface area contributed by atoms with Gasteiger partial charge in [-0.2, -0.15) is 0 Å². The van der Waals surface area contributed by atoms with Crippen molar-refractivity contribution in [2.75, 3.05) is 13.2 Å². The summed E-state index contributed by atoms with van der Waals surface area (Å²) in [4.78, 5) is 26.1. The predicted octanol–water partition coefficient (Wildman–Crippen LogP) is 0.854. The van der Waals surface area contributed by atoms with Crippen LogP contribution in [0.5, 0.6) is 0 Å². The Labute approximate surface area is 125 Å². The van der Waals surface area contributed by atoms with Gasteiger partial charge in [0.15, 0.2) is 0 Å². The molecular weight excluding hydrogens is 272 g/mol. The molecule has 1 amide bonds. The number of carbonyl (C=O) groups excluding carboxylic acids is 1. The molecular formula is C15H26N2O4. The highest BCUT2D eigenvalue weighted by molar-refractivity contribution is 5.83. The quantitative estimate of drug-likeness (QED) is 0.804. The lowest BCUT2D eigenvalue weighted by molar-refractivity contribution is -0.149. The van der Waals surface area contributed by atoms with Crippen LogP contribution in [0.25, 0.3) is 0 Å². The van der Waals surface area contributed by atoms with Crippen LogP contribution in [0.2, 0.25) is 0 Å². The van der Waals surface area contributed by atoms with Crippen LogP contribution >= 0.6 is 0 Å². The maximum Gasteiger partial charge on any atom is 0.313 e. The summed E-state index contributed by atoms with van der Waals surface area (Å²) in [5, 5.41) is 12.2. The molecule has 0 radical (unpaired) electrons. The van der Waals surface area contributed by atoms with E-state index in [0.717, 1.165) is 12.8 Å². The first kappa shape index (κ1) is 16.2. The summed E-state index contributed by atoms with van der Waals surface area (Å²) < 4.78 is 5.27. The number of amides is 1. The van der Waals surface area contributed by atoms with Crippen LogP contribution < -0.4 is 5.32 Å². The lowest BCUT2D eigenvalue weighted by Gasteiger charge is -2.33. The molecule has 0 bridgehead atoms. The summed E-state index contributed by atoms with van der Waals surface area (Å²) in [6, 6.07) is 0.0344. The molecule has 0 aromatic carbocycles. The summed E-state index contributed by atoms with van der Waals surface area (Å²) in [5.41, 5.74) is -1.04. The molecule has 0 aliphatic carbocycles. The molecule has 2 aliphatic heterocycles. The monoisotopic (exact) mass is 298 g/mol. The second kappa shape index (κ2) is 5.93. The molecule has 120 valence electrons. The molecule has 2 saturated heterocycles. The maximum absolute atomic E-state index is 12.5. The number of carboxylic acid groups (broad SMARTS) is 1. The van der Waals surface area contributed by atoms with E-state index in [1.165, 1.54) is 0 Å². The molecule has 6 heteroatoms. The topological polar surface area (TPSA) is 78.9 Å². The van der Waals surface area contributed by atoms with Gasteiger partial charge in [0.2, 0.25) is 5.91 Å². The highest BCUT2D eigenvalue weighted by Crippen LogP contribution is 2.30. The molecule has 5 atom stereocenters. The highest BCUT2D eigenvalue weighted by atomic mass is 16.5. The largest absolute Gasteiger partial charge is 0.481 e. The van der Waals surface area contributed by atoms with E-state index in [-0.39, 0.29) is 25.2 Å². The van der Waals surface area contributed by atoms with Gasteiger partial charge in [0, 0.05) is 12.1 Å². The van der Waals surface area contributed by atoms with E-state index in [1.54, 1.807) is 6.92 Å². The van der Waals surface area contributed by atoms with Gasteiger partial charge in [-0.1, -0.05) is 0 Å². The Balaban J connectivity index is 2.02. The Morgan fingerprint density at radius 1 is 1.33 bits per heavy atom. The molecule has 0 saturated carbocycles. The van der Waals surface area contributed by atoms with Crippen LogP contribution in [0.15, 0.2) is 0 Å². The van der Waals surface area contributed by atoms with Crippen molar-refractivity contribution in [1.82, 2.24) is 10.2 Å². The highest BCUT2D eigenvalue weighted by Gasteiger charge is 2.48. The zero-order chi connectivity index (χ0) is 15.8. The van der Waals surface area contributed by atoms with E-state index in [0.29, 0.717) is 12.1 Å². The van der Waals surface area contributed by atoms with Crippen LogP contribution in [-0.4, -0.2) is 59.3 Å². The van der Waals surface area contributed by atoms with Crippen LogP contribution in [0.3, 0.4) is 0 Å². The number of hydrogen-bond donors (Lipinski definition) is 2. The Morgan fingerprint density at radius 3 is 2.43 bits per heavy atom. The normalized spacial score (nSPS) is 38.4. The number of ether oxygens (including phenoxy) is 1. The van der Waals surface area contributed by atoms with Gasteiger partial charge in [0.25, 0.3) is 0 Å². The summed E-state index contributed by atoms with van der Waals surface area (Å²) in [6.07, 6.45) is 2.19. The Bertz CT molecular complexity index is 418. The molecule has 0 aromatic rings. The first-order valence-electron chi connectivity index (χ1n) is 7.66. The van der Waals surface area contributed by atoms with Crippen molar-refractivity contribution in [2.24, 2.45) is 5.41 Å². The fraction of sp³-hybridized carbons (Fsp3) is 0.867. The summed E-state index contributed by atoms with van der Waals surface area (Å²) in [5.74, 6) is -1.04. The maximum atomic E-state index is 12.5. The predicted molar refractivity (Wildman–Crippen MR) is 78.0 cm³/mol.